The van der Waals surface area contributed by atoms with Crippen molar-refractivity contribution in [2.75, 3.05) is 13.6 Å². The number of hydrogen-bond donors (Lipinski definition) is 2. The van der Waals surface area contributed by atoms with Crippen molar-refractivity contribution < 1.29 is 4.79 Å². The highest BCUT2D eigenvalue weighted by molar-refractivity contribution is 5.85. The molecule has 2 aromatic rings. The van der Waals surface area contributed by atoms with E-state index in [4.69, 9.17) is 5.73 Å². The molecule has 2 atom stereocenters. The third-order valence-electron chi connectivity index (χ3n) is 3.99. The van der Waals surface area contributed by atoms with Gasteiger partial charge in [0.15, 0.2) is 0 Å². The molecule has 2 aromatic carbocycles. The minimum Gasteiger partial charge on any atom is -0.351 e. The fraction of sp³-hybridized carbons (Fsp3) is 0.350. The van der Waals surface area contributed by atoms with Crippen LogP contribution < -0.4 is 11.1 Å². The maximum atomic E-state index is 12.3. The van der Waals surface area contributed by atoms with Crippen LogP contribution in [0.5, 0.6) is 0 Å². The maximum absolute atomic E-state index is 12.3. The molecule has 136 valence electrons. The molecule has 0 radical (unpaired) electrons. The summed E-state index contributed by atoms with van der Waals surface area (Å²) >= 11 is 0. The van der Waals surface area contributed by atoms with Crippen LogP contribution in [0.4, 0.5) is 0 Å². The van der Waals surface area contributed by atoms with E-state index < -0.39 is 6.04 Å². The number of nitrogens with two attached hydrogens (primary N) is 1. The molecule has 0 saturated heterocycles. The van der Waals surface area contributed by atoms with Crippen molar-refractivity contribution >= 4 is 18.3 Å². The van der Waals surface area contributed by atoms with Gasteiger partial charge in [-0.25, -0.2) is 0 Å². The monoisotopic (exact) mass is 361 g/mol. The fourth-order valence-electron chi connectivity index (χ4n) is 2.73. The van der Waals surface area contributed by atoms with Gasteiger partial charge in [0.1, 0.15) is 6.04 Å². The quantitative estimate of drug-likeness (QED) is 0.796. The Balaban J connectivity index is 0.00000312. The minimum atomic E-state index is -0.632. The molecule has 3 N–H and O–H groups in total. The number of halogens is 1. The van der Waals surface area contributed by atoms with Gasteiger partial charge in [0.05, 0.1) is 0 Å². The summed E-state index contributed by atoms with van der Waals surface area (Å²) in [6.07, 6.45) is 0. The molecule has 5 heteroatoms. The van der Waals surface area contributed by atoms with Gasteiger partial charge in [0, 0.05) is 19.1 Å². The molecule has 0 spiro atoms. The van der Waals surface area contributed by atoms with Crippen molar-refractivity contribution in [3.63, 3.8) is 0 Å². The van der Waals surface area contributed by atoms with Gasteiger partial charge >= 0.3 is 0 Å². The van der Waals surface area contributed by atoms with Crippen LogP contribution in [0.3, 0.4) is 0 Å². The Kier molecular flexibility index (Phi) is 8.62. The van der Waals surface area contributed by atoms with Crippen LogP contribution in [0.15, 0.2) is 54.6 Å². The first-order valence-electron chi connectivity index (χ1n) is 8.30. The van der Waals surface area contributed by atoms with E-state index in [1.165, 1.54) is 5.56 Å². The molecule has 0 aliphatic heterocycles. The smallest absolute Gasteiger partial charge is 0.241 e. The standard InChI is InChI=1S/C20H27N3O.ClH/c1-15-9-11-18(12-10-15)19(21)20(24)22-16(2)13-23(3)14-17-7-5-4-6-8-17;/h4-12,16,19H,13-14,21H2,1-3H3,(H,22,24);1H. The predicted octanol–water partition coefficient (Wildman–Crippen LogP) is 3.05. The van der Waals surface area contributed by atoms with Gasteiger partial charge in [-0.3, -0.25) is 4.79 Å². The number of nitrogens with one attached hydrogen (secondary N) is 1. The lowest BCUT2D eigenvalue weighted by Crippen LogP contribution is -2.44. The van der Waals surface area contributed by atoms with Crippen LogP contribution >= 0.6 is 12.4 Å². The highest BCUT2D eigenvalue weighted by atomic mass is 35.5. The van der Waals surface area contributed by atoms with E-state index in [2.05, 4.69) is 29.4 Å². The van der Waals surface area contributed by atoms with E-state index in [1.54, 1.807) is 0 Å². The Morgan fingerprint density at radius 1 is 1.12 bits per heavy atom. The van der Waals surface area contributed by atoms with Crippen LogP contribution in [0.25, 0.3) is 0 Å². The van der Waals surface area contributed by atoms with Gasteiger partial charge in [-0.15, -0.1) is 12.4 Å². The molecule has 25 heavy (non-hydrogen) atoms. The highest BCUT2D eigenvalue weighted by Crippen LogP contribution is 2.12. The van der Waals surface area contributed by atoms with Crippen LogP contribution in [0.1, 0.15) is 29.7 Å². The molecular formula is C20H28ClN3O. The van der Waals surface area contributed by atoms with E-state index in [1.807, 2.05) is 56.3 Å². The summed E-state index contributed by atoms with van der Waals surface area (Å²) in [5.74, 6) is -0.139. The highest BCUT2D eigenvalue weighted by Gasteiger charge is 2.18. The largest absolute Gasteiger partial charge is 0.351 e. The third-order valence-corrected chi connectivity index (χ3v) is 3.99. The number of amides is 1. The molecule has 0 bridgehead atoms. The van der Waals surface area contributed by atoms with E-state index in [-0.39, 0.29) is 24.4 Å². The Labute approximate surface area is 156 Å². The van der Waals surface area contributed by atoms with E-state index in [9.17, 15) is 4.79 Å². The summed E-state index contributed by atoms with van der Waals surface area (Å²) in [6.45, 7) is 5.63. The molecule has 0 aliphatic carbocycles. The van der Waals surface area contributed by atoms with Gasteiger partial charge < -0.3 is 16.0 Å². The lowest BCUT2D eigenvalue weighted by molar-refractivity contribution is -0.123. The normalized spacial score (nSPS) is 13.0. The lowest BCUT2D eigenvalue weighted by atomic mass is 10.1. The van der Waals surface area contributed by atoms with Crippen LogP contribution in [-0.4, -0.2) is 30.4 Å². The minimum absolute atomic E-state index is 0. The lowest BCUT2D eigenvalue weighted by Gasteiger charge is -2.23. The molecule has 0 fully saturated rings. The SMILES string of the molecule is Cc1ccc(C(N)C(=O)NC(C)CN(C)Cc2ccccc2)cc1.Cl. The van der Waals surface area contributed by atoms with E-state index >= 15 is 0 Å². The van der Waals surface area contributed by atoms with Gasteiger partial charge in [0.25, 0.3) is 0 Å². The Bertz CT molecular complexity index is 646. The summed E-state index contributed by atoms with van der Waals surface area (Å²) in [7, 11) is 2.05. The zero-order valence-electron chi connectivity index (χ0n) is 15.1. The first-order valence-corrected chi connectivity index (χ1v) is 8.30. The Morgan fingerprint density at radius 2 is 1.72 bits per heavy atom. The zero-order chi connectivity index (χ0) is 17.5. The maximum Gasteiger partial charge on any atom is 0.241 e. The number of nitrogens with zero attached hydrogens (tertiary/aromatic N) is 1. The van der Waals surface area contributed by atoms with Crippen LogP contribution in [0, 0.1) is 6.92 Å². The molecule has 4 nitrogen and oxygen atoms in total. The van der Waals surface area contributed by atoms with Crippen molar-refractivity contribution in [2.24, 2.45) is 5.73 Å². The van der Waals surface area contributed by atoms with Gasteiger partial charge in [-0.1, -0.05) is 60.2 Å². The van der Waals surface area contributed by atoms with Crippen LogP contribution in [0.2, 0.25) is 0 Å². The fourth-order valence-corrected chi connectivity index (χ4v) is 2.73. The van der Waals surface area contributed by atoms with Gasteiger partial charge in [0.2, 0.25) is 5.91 Å². The molecule has 0 aromatic heterocycles. The number of carbonyl (C=O) groups is 1. The molecule has 0 saturated carbocycles. The van der Waals surface area contributed by atoms with E-state index in [0.717, 1.165) is 24.2 Å². The van der Waals surface area contributed by atoms with Gasteiger partial charge in [-0.05, 0) is 32.0 Å². The zero-order valence-corrected chi connectivity index (χ0v) is 15.9. The van der Waals surface area contributed by atoms with Crippen molar-refractivity contribution in [3.05, 3.63) is 71.3 Å². The summed E-state index contributed by atoms with van der Waals surface area (Å²) in [6, 6.07) is 17.5. The molecular weight excluding hydrogens is 334 g/mol. The average Bonchev–Trinajstić information content (AvgIpc) is 2.55. The van der Waals surface area contributed by atoms with E-state index in [0.29, 0.717) is 0 Å². The van der Waals surface area contributed by atoms with Crippen molar-refractivity contribution in [3.8, 4) is 0 Å². The second kappa shape index (κ2) is 10.2. The summed E-state index contributed by atoms with van der Waals surface area (Å²) in [4.78, 5) is 14.5. The molecule has 1 amide bonds. The first kappa shape index (κ1) is 21.2. The number of likely N-dealkylation sites (N-methyl/N-ethyl adjacent to an activating group) is 1. The average molecular weight is 362 g/mol. The third kappa shape index (κ3) is 6.86. The molecule has 2 unspecified atom stereocenters. The topological polar surface area (TPSA) is 58.4 Å². The summed E-state index contributed by atoms with van der Waals surface area (Å²) in [5, 5.41) is 3.00. The van der Waals surface area contributed by atoms with Crippen molar-refractivity contribution in [1.82, 2.24) is 10.2 Å². The van der Waals surface area contributed by atoms with Gasteiger partial charge in [-0.2, -0.15) is 0 Å². The summed E-state index contributed by atoms with van der Waals surface area (Å²) < 4.78 is 0. The van der Waals surface area contributed by atoms with Crippen molar-refractivity contribution in [2.45, 2.75) is 32.5 Å². The predicted molar refractivity (Wildman–Crippen MR) is 106 cm³/mol. The number of carbonyl (C=O) groups excluding carboxylic acids is 1. The molecule has 0 heterocycles. The molecule has 0 aliphatic rings. The Hall–Kier alpha value is -1.88. The second-order valence-corrected chi connectivity index (χ2v) is 6.48. The second-order valence-electron chi connectivity index (χ2n) is 6.48. The number of aryl methyl sites for hydroxylation is 1. The summed E-state index contributed by atoms with van der Waals surface area (Å²) in [5.41, 5.74) is 9.32. The Morgan fingerprint density at radius 3 is 2.32 bits per heavy atom. The van der Waals surface area contributed by atoms with Crippen LogP contribution in [-0.2, 0) is 11.3 Å². The number of hydrogen-bond acceptors (Lipinski definition) is 3. The number of benzene rings is 2. The molecule has 2 rings (SSSR count). The first-order chi connectivity index (χ1) is 11.5. The number of rotatable bonds is 7. The van der Waals surface area contributed by atoms with Crippen molar-refractivity contribution in [1.29, 1.82) is 0 Å².